The van der Waals surface area contributed by atoms with Gasteiger partial charge in [-0.3, -0.25) is 19.3 Å². The first kappa shape index (κ1) is 19.8. The Morgan fingerprint density at radius 3 is 2.57 bits per heavy atom. The highest BCUT2D eigenvalue weighted by Gasteiger charge is 2.35. The molecule has 1 saturated heterocycles. The molecule has 2 heterocycles. The van der Waals surface area contributed by atoms with Crippen LogP contribution in [0.2, 0.25) is 0 Å². The highest BCUT2D eigenvalue weighted by atomic mass is 16.2. The van der Waals surface area contributed by atoms with Gasteiger partial charge in [-0.05, 0) is 18.1 Å². The average Bonchev–Trinajstić information content (AvgIpc) is 2.73. The predicted molar refractivity (Wildman–Crippen MR) is 107 cm³/mol. The molecule has 0 saturated carbocycles. The van der Waals surface area contributed by atoms with Gasteiger partial charge in [0.1, 0.15) is 6.04 Å². The van der Waals surface area contributed by atoms with Crippen LogP contribution < -0.4 is 10.9 Å². The van der Waals surface area contributed by atoms with Crippen molar-refractivity contribution in [1.82, 2.24) is 19.7 Å². The van der Waals surface area contributed by atoms with E-state index in [1.807, 2.05) is 18.2 Å². The van der Waals surface area contributed by atoms with Crippen molar-refractivity contribution in [2.75, 3.05) is 33.2 Å². The SMILES string of the molecule is CNC(=O)C1CN(CCc2ccccc2)CCN1C(=O)c1ccn(C)c(=O)c1. The Labute approximate surface area is 164 Å². The van der Waals surface area contributed by atoms with Crippen LogP contribution in [0.5, 0.6) is 0 Å². The summed E-state index contributed by atoms with van der Waals surface area (Å²) in [6.07, 6.45) is 2.46. The minimum absolute atomic E-state index is 0.193. The number of likely N-dealkylation sites (N-methyl/N-ethyl adjacent to an activating group) is 1. The van der Waals surface area contributed by atoms with E-state index >= 15 is 0 Å². The fourth-order valence-electron chi connectivity index (χ4n) is 3.46. The number of amides is 2. The average molecular weight is 382 g/mol. The number of carbonyl (C=O) groups excluding carboxylic acids is 2. The molecular formula is C21H26N4O3. The summed E-state index contributed by atoms with van der Waals surface area (Å²) in [7, 11) is 3.21. The Hall–Kier alpha value is -2.93. The summed E-state index contributed by atoms with van der Waals surface area (Å²) >= 11 is 0. The number of aryl methyl sites for hydroxylation is 1. The van der Waals surface area contributed by atoms with E-state index in [0.717, 1.165) is 13.0 Å². The number of carbonyl (C=O) groups is 2. The number of benzene rings is 1. The van der Waals surface area contributed by atoms with Gasteiger partial charge in [0.05, 0.1) is 0 Å². The van der Waals surface area contributed by atoms with E-state index in [2.05, 4.69) is 22.3 Å². The standard InChI is InChI=1S/C21H26N4O3/c1-22-20(27)18-15-24(11-8-16-6-4-3-5-7-16)12-13-25(18)21(28)17-9-10-23(2)19(26)14-17/h3-7,9-10,14,18H,8,11-13,15H2,1-2H3,(H,22,27). The Morgan fingerprint density at radius 2 is 1.89 bits per heavy atom. The zero-order valence-electron chi connectivity index (χ0n) is 16.3. The molecule has 1 atom stereocenters. The summed E-state index contributed by atoms with van der Waals surface area (Å²) in [4.78, 5) is 41.1. The first-order chi connectivity index (χ1) is 13.5. The number of pyridine rings is 1. The highest BCUT2D eigenvalue weighted by molar-refractivity contribution is 5.97. The summed E-state index contributed by atoms with van der Waals surface area (Å²) in [5, 5.41) is 2.66. The molecule has 148 valence electrons. The maximum atomic E-state index is 13.0. The van der Waals surface area contributed by atoms with Crippen LogP contribution in [0, 0.1) is 0 Å². The van der Waals surface area contributed by atoms with Gasteiger partial charge in [-0.1, -0.05) is 30.3 Å². The van der Waals surface area contributed by atoms with Crippen molar-refractivity contribution in [3.05, 3.63) is 70.1 Å². The molecule has 1 fully saturated rings. The normalized spacial score (nSPS) is 17.4. The van der Waals surface area contributed by atoms with E-state index in [0.29, 0.717) is 25.2 Å². The molecule has 1 unspecified atom stereocenters. The number of piperazine rings is 1. The van der Waals surface area contributed by atoms with Crippen molar-refractivity contribution in [2.45, 2.75) is 12.5 Å². The summed E-state index contributed by atoms with van der Waals surface area (Å²) < 4.78 is 1.41. The second-order valence-electron chi connectivity index (χ2n) is 7.03. The lowest BCUT2D eigenvalue weighted by atomic mass is 10.1. The molecule has 1 aromatic carbocycles. The van der Waals surface area contributed by atoms with Gasteiger partial charge in [-0.2, -0.15) is 0 Å². The van der Waals surface area contributed by atoms with Gasteiger partial charge in [0.15, 0.2) is 0 Å². The minimum Gasteiger partial charge on any atom is -0.357 e. The molecule has 1 aromatic heterocycles. The van der Waals surface area contributed by atoms with Crippen LogP contribution in [0.4, 0.5) is 0 Å². The molecule has 28 heavy (non-hydrogen) atoms. The van der Waals surface area contributed by atoms with Crippen LogP contribution in [0.15, 0.2) is 53.5 Å². The molecule has 0 bridgehead atoms. The summed E-state index contributed by atoms with van der Waals surface area (Å²) in [5.74, 6) is -0.476. The lowest BCUT2D eigenvalue weighted by Gasteiger charge is -2.40. The zero-order valence-corrected chi connectivity index (χ0v) is 16.3. The Balaban J connectivity index is 1.71. The van der Waals surface area contributed by atoms with E-state index in [1.54, 1.807) is 31.3 Å². The smallest absolute Gasteiger partial charge is 0.254 e. The number of nitrogens with one attached hydrogen (secondary N) is 1. The van der Waals surface area contributed by atoms with Crippen molar-refractivity contribution in [2.24, 2.45) is 7.05 Å². The fourth-order valence-corrected chi connectivity index (χ4v) is 3.46. The number of nitrogens with zero attached hydrogens (tertiary/aromatic N) is 3. The Kier molecular flexibility index (Phi) is 6.26. The molecule has 2 aromatic rings. The van der Waals surface area contributed by atoms with E-state index in [9.17, 15) is 14.4 Å². The number of aromatic nitrogens is 1. The molecular weight excluding hydrogens is 356 g/mol. The summed E-state index contributed by atoms with van der Waals surface area (Å²) in [6.45, 7) is 2.44. The van der Waals surface area contributed by atoms with Crippen molar-refractivity contribution >= 4 is 11.8 Å². The Bertz CT molecular complexity index is 894. The molecule has 1 aliphatic rings. The van der Waals surface area contributed by atoms with E-state index in [4.69, 9.17) is 0 Å². The fraction of sp³-hybridized carbons (Fsp3) is 0.381. The van der Waals surface area contributed by atoms with E-state index < -0.39 is 6.04 Å². The van der Waals surface area contributed by atoms with Gasteiger partial charge in [-0.15, -0.1) is 0 Å². The molecule has 0 spiro atoms. The molecule has 1 aliphatic heterocycles. The molecule has 0 radical (unpaired) electrons. The molecule has 0 aliphatic carbocycles. The van der Waals surface area contributed by atoms with Crippen molar-refractivity contribution in [3.8, 4) is 0 Å². The van der Waals surface area contributed by atoms with Crippen molar-refractivity contribution < 1.29 is 9.59 Å². The summed E-state index contributed by atoms with van der Waals surface area (Å²) in [6, 6.07) is 12.6. The third-order valence-corrected chi connectivity index (χ3v) is 5.19. The van der Waals surface area contributed by atoms with Crippen LogP contribution in [0.25, 0.3) is 0 Å². The predicted octanol–water partition coefficient (Wildman–Crippen LogP) is 0.500. The van der Waals surface area contributed by atoms with Crippen LogP contribution in [0.3, 0.4) is 0 Å². The lowest BCUT2D eigenvalue weighted by Crippen LogP contribution is -2.60. The Morgan fingerprint density at radius 1 is 1.14 bits per heavy atom. The first-order valence-corrected chi connectivity index (χ1v) is 9.45. The van der Waals surface area contributed by atoms with Crippen molar-refractivity contribution in [3.63, 3.8) is 0 Å². The van der Waals surface area contributed by atoms with Gasteiger partial charge in [0.2, 0.25) is 5.91 Å². The number of rotatable bonds is 5. The number of hydrogen-bond acceptors (Lipinski definition) is 4. The molecule has 7 heteroatoms. The maximum Gasteiger partial charge on any atom is 0.254 e. The third-order valence-electron chi connectivity index (χ3n) is 5.19. The van der Waals surface area contributed by atoms with Gasteiger partial charge in [-0.25, -0.2) is 0 Å². The van der Waals surface area contributed by atoms with Crippen LogP contribution in [-0.4, -0.2) is 65.4 Å². The number of hydrogen-bond donors (Lipinski definition) is 1. The minimum atomic E-state index is -0.578. The maximum absolute atomic E-state index is 13.0. The second-order valence-corrected chi connectivity index (χ2v) is 7.03. The second kappa shape index (κ2) is 8.84. The van der Waals surface area contributed by atoms with Crippen molar-refractivity contribution in [1.29, 1.82) is 0 Å². The first-order valence-electron chi connectivity index (χ1n) is 9.45. The van der Waals surface area contributed by atoms with E-state index in [1.165, 1.54) is 16.2 Å². The summed E-state index contributed by atoms with van der Waals surface area (Å²) in [5.41, 5.74) is 1.32. The van der Waals surface area contributed by atoms with Gasteiger partial charge in [0.25, 0.3) is 11.5 Å². The van der Waals surface area contributed by atoms with Gasteiger partial charge >= 0.3 is 0 Å². The third kappa shape index (κ3) is 4.48. The van der Waals surface area contributed by atoms with Crippen LogP contribution >= 0.6 is 0 Å². The lowest BCUT2D eigenvalue weighted by molar-refractivity contribution is -0.127. The molecule has 2 amide bonds. The topological polar surface area (TPSA) is 74.7 Å². The van der Waals surface area contributed by atoms with Crippen LogP contribution in [-0.2, 0) is 18.3 Å². The monoisotopic (exact) mass is 382 g/mol. The molecule has 1 N–H and O–H groups in total. The highest BCUT2D eigenvalue weighted by Crippen LogP contribution is 2.15. The largest absolute Gasteiger partial charge is 0.357 e. The molecule has 7 nitrogen and oxygen atoms in total. The van der Waals surface area contributed by atoms with Gasteiger partial charge < -0.3 is 14.8 Å². The molecule has 3 rings (SSSR count). The zero-order chi connectivity index (χ0) is 20.1. The van der Waals surface area contributed by atoms with Gasteiger partial charge in [0, 0.05) is 58.1 Å². The van der Waals surface area contributed by atoms with E-state index in [-0.39, 0.29) is 17.4 Å². The quantitative estimate of drug-likeness (QED) is 0.817. The van der Waals surface area contributed by atoms with Crippen LogP contribution in [0.1, 0.15) is 15.9 Å².